The Morgan fingerprint density at radius 1 is 1.00 bits per heavy atom. The molecule has 0 unspecified atom stereocenters. The number of aryl methyl sites for hydroxylation is 1. The van der Waals surface area contributed by atoms with Crippen LogP contribution in [-0.2, 0) is 13.0 Å². The highest BCUT2D eigenvalue weighted by molar-refractivity contribution is 6.33. The lowest BCUT2D eigenvalue weighted by molar-refractivity contribution is 0.100. The maximum absolute atomic E-state index is 12.1. The van der Waals surface area contributed by atoms with E-state index in [1.165, 1.54) is 18.4 Å². The predicted molar refractivity (Wildman–Crippen MR) is 127 cm³/mol. The van der Waals surface area contributed by atoms with Crippen LogP contribution < -0.4 is 5.73 Å². The molecule has 0 saturated carbocycles. The number of aromatic nitrogens is 1. The second-order valence-corrected chi connectivity index (χ2v) is 8.54. The molecule has 1 amide bonds. The number of rotatable bonds is 7. The van der Waals surface area contributed by atoms with Crippen molar-refractivity contribution in [2.45, 2.75) is 39.2 Å². The normalized spacial score (nSPS) is 11.4. The van der Waals surface area contributed by atoms with Crippen LogP contribution in [0.1, 0.15) is 47.7 Å². The topological polar surface area (TPSA) is 48.0 Å². The van der Waals surface area contributed by atoms with E-state index in [0.717, 1.165) is 40.2 Å². The first-order valence-electron chi connectivity index (χ1n) is 10.3. The van der Waals surface area contributed by atoms with Gasteiger partial charge in [-0.1, -0.05) is 61.2 Å². The number of hydrogen-bond donors (Lipinski definition) is 1. The largest absolute Gasteiger partial charge is 0.366 e. The third-order valence-electron chi connectivity index (χ3n) is 5.63. The Labute approximate surface area is 186 Å². The minimum atomic E-state index is -0.424. The number of halogens is 2. The quantitative estimate of drug-likeness (QED) is 0.310. The van der Waals surface area contributed by atoms with E-state index >= 15 is 0 Å². The van der Waals surface area contributed by atoms with Crippen molar-refractivity contribution in [1.29, 1.82) is 0 Å². The molecular weight excluding hydrogens is 415 g/mol. The van der Waals surface area contributed by atoms with E-state index in [2.05, 4.69) is 29.7 Å². The van der Waals surface area contributed by atoms with Gasteiger partial charge in [0.15, 0.2) is 0 Å². The summed E-state index contributed by atoms with van der Waals surface area (Å²) in [6.45, 7) is 2.77. The van der Waals surface area contributed by atoms with Crippen molar-refractivity contribution < 1.29 is 4.79 Å². The number of amides is 1. The number of benzene rings is 3. The number of primary amides is 1. The third-order valence-corrected chi connectivity index (χ3v) is 6.23. The predicted octanol–water partition coefficient (Wildman–Crippen LogP) is 6.98. The summed E-state index contributed by atoms with van der Waals surface area (Å²) in [6.07, 6.45) is 4.60. The standard InChI is InChI=1S/C25H24Cl2N2O/c1-2-3-4-6-16-9-11-19-23(13-16)29(15-17-14-18(26)10-12-21(17)27)22-8-5-7-20(24(19)22)25(28)30/h5,7-14H,2-4,6,15H2,1H3,(H2,28,30). The van der Waals surface area contributed by atoms with Gasteiger partial charge in [-0.05, 0) is 60.4 Å². The number of fused-ring (bicyclic) bond motifs is 3. The minimum Gasteiger partial charge on any atom is -0.366 e. The molecule has 0 aliphatic heterocycles. The molecule has 5 heteroatoms. The van der Waals surface area contributed by atoms with E-state index in [0.29, 0.717) is 22.2 Å². The first-order chi connectivity index (χ1) is 14.5. The van der Waals surface area contributed by atoms with Gasteiger partial charge in [0, 0.05) is 38.4 Å². The lowest BCUT2D eigenvalue weighted by atomic mass is 10.0. The number of carbonyl (C=O) groups excluding carboxylic acids is 1. The van der Waals surface area contributed by atoms with Gasteiger partial charge in [-0.25, -0.2) is 0 Å². The van der Waals surface area contributed by atoms with Crippen LogP contribution in [0, 0.1) is 0 Å². The van der Waals surface area contributed by atoms with Crippen LogP contribution in [0.5, 0.6) is 0 Å². The SMILES string of the molecule is CCCCCc1ccc2c3c(C(N)=O)cccc3n(Cc3cc(Cl)ccc3Cl)c2c1. The molecule has 0 aliphatic carbocycles. The Kier molecular flexibility index (Phi) is 6.03. The van der Waals surface area contributed by atoms with Gasteiger partial charge in [-0.2, -0.15) is 0 Å². The summed E-state index contributed by atoms with van der Waals surface area (Å²) in [5, 5.41) is 3.22. The molecule has 0 fully saturated rings. The van der Waals surface area contributed by atoms with Crippen LogP contribution in [0.2, 0.25) is 10.0 Å². The monoisotopic (exact) mass is 438 g/mol. The van der Waals surface area contributed by atoms with E-state index in [9.17, 15) is 4.79 Å². The lowest BCUT2D eigenvalue weighted by Crippen LogP contribution is -2.11. The number of nitrogens with two attached hydrogens (primary N) is 1. The summed E-state index contributed by atoms with van der Waals surface area (Å²) in [5.74, 6) is -0.424. The van der Waals surface area contributed by atoms with Gasteiger partial charge < -0.3 is 10.3 Å². The molecule has 3 nitrogen and oxygen atoms in total. The van der Waals surface area contributed by atoms with Gasteiger partial charge in [0.2, 0.25) is 5.91 Å². The average Bonchev–Trinajstić information content (AvgIpc) is 3.04. The van der Waals surface area contributed by atoms with Gasteiger partial charge in [0.1, 0.15) is 0 Å². The molecule has 0 bridgehead atoms. The summed E-state index contributed by atoms with van der Waals surface area (Å²) in [4.78, 5) is 12.1. The molecule has 154 valence electrons. The highest BCUT2D eigenvalue weighted by Gasteiger charge is 2.17. The van der Waals surface area contributed by atoms with Crippen LogP contribution in [0.15, 0.2) is 54.6 Å². The second kappa shape index (κ2) is 8.71. The summed E-state index contributed by atoms with van der Waals surface area (Å²) < 4.78 is 2.21. The van der Waals surface area contributed by atoms with Crippen molar-refractivity contribution in [2.75, 3.05) is 0 Å². The summed E-state index contributed by atoms with van der Waals surface area (Å²) in [5.41, 5.74) is 10.5. The molecule has 0 radical (unpaired) electrons. The van der Waals surface area contributed by atoms with E-state index in [1.54, 1.807) is 12.1 Å². The molecular formula is C25H24Cl2N2O. The van der Waals surface area contributed by atoms with Gasteiger partial charge in [-0.3, -0.25) is 4.79 Å². The Bertz CT molecular complexity index is 1240. The molecule has 3 aromatic carbocycles. The summed E-state index contributed by atoms with van der Waals surface area (Å²) in [6, 6.07) is 17.7. The van der Waals surface area contributed by atoms with Gasteiger partial charge in [0.05, 0.1) is 5.52 Å². The maximum Gasteiger partial charge on any atom is 0.249 e. The molecule has 0 atom stereocenters. The first-order valence-corrected chi connectivity index (χ1v) is 11.0. The zero-order valence-corrected chi connectivity index (χ0v) is 18.4. The van der Waals surface area contributed by atoms with Crippen molar-refractivity contribution in [3.63, 3.8) is 0 Å². The van der Waals surface area contributed by atoms with Gasteiger partial charge in [0.25, 0.3) is 0 Å². The molecule has 4 rings (SSSR count). The lowest BCUT2D eigenvalue weighted by Gasteiger charge is -2.11. The number of nitrogens with zero attached hydrogens (tertiary/aromatic N) is 1. The van der Waals surface area contributed by atoms with E-state index in [-0.39, 0.29) is 0 Å². The summed E-state index contributed by atoms with van der Waals surface area (Å²) in [7, 11) is 0. The van der Waals surface area contributed by atoms with Crippen LogP contribution in [-0.4, -0.2) is 10.5 Å². The highest BCUT2D eigenvalue weighted by atomic mass is 35.5. The number of unbranched alkanes of at least 4 members (excludes halogenated alkanes) is 2. The Hall–Kier alpha value is -2.49. The Balaban J connectivity index is 1.94. The second-order valence-electron chi connectivity index (χ2n) is 7.69. The Morgan fingerprint density at radius 3 is 2.60 bits per heavy atom. The summed E-state index contributed by atoms with van der Waals surface area (Å²) >= 11 is 12.7. The zero-order chi connectivity index (χ0) is 21.3. The Morgan fingerprint density at radius 2 is 1.83 bits per heavy atom. The molecule has 1 aromatic heterocycles. The highest BCUT2D eigenvalue weighted by Crippen LogP contribution is 2.34. The van der Waals surface area contributed by atoms with Crippen molar-refractivity contribution in [3.05, 3.63) is 81.3 Å². The molecule has 0 saturated heterocycles. The van der Waals surface area contributed by atoms with Crippen LogP contribution in [0.25, 0.3) is 21.8 Å². The third kappa shape index (κ3) is 3.92. The van der Waals surface area contributed by atoms with Crippen molar-refractivity contribution in [2.24, 2.45) is 5.73 Å². The maximum atomic E-state index is 12.1. The fourth-order valence-electron chi connectivity index (χ4n) is 4.13. The fraction of sp³-hybridized carbons (Fsp3) is 0.240. The number of carbonyl (C=O) groups is 1. The molecule has 30 heavy (non-hydrogen) atoms. The zero-order valence-electron chi connectivity index (χ0n) is 16.9. The van der Waals surface area contributed by atoms with E-state index < -0.39 is 5.91 Å². The molecule has 0 spiro atoms. The van der Waals surface area contributed by atoms with Crippen LogP contribution in [0.3, 0.4) is 0 Å². The van der Waals surface area contributed by atoms with Crippen molar-refractivity contribution >= 4 is 50.9 Å². The first kappa shape index (κ1) is 20.8. The van der Waals surface area contributed by atoms with E-state index in [4.69, 9.17) is 28.9 Å². The van der Waals surface area contributed by atoms with E-state index in [1.807, 2.05) is 24.3 Å². The average molecular weight is 439 g/mol. The number of hydrogen-bond acceptors (Lipinski definition) is 1. The smallest absolute Gasteiger partial charge is 0.249 e. The fourth-order valence-corrected chi connectivity index (χ4v) is 4.51. The van der Waals surface area contributed by atoms with Gasteiger partial charge in [-0.15, -0.1) is 0 Å². The molecule has 1 heterocycles. The molecule has 2 N–H and O–H groups in total. The minimum absolute atomic E-state index is 0.424. The molecule has 4 aromatic rings. The van der Waals surface area contributed by atoms with Crippen LogP contribution >= 0.6 is 23.2 Å². The van der Waals surface area contributed by atoms with Gasteiger partial charge >= 0.3 is 0 Å². The van der Waals surface area contributed by atoms with Crippen LogP contribution in [0.4, 0.5) is 0 Å². The van der Waals surface area contributed by atoms with Crippen molar-refractivity contribution in [3.8, 4) is 0 Å². The molecule has 0 aliphatic rings. The van der Waals surface area contributed by atoms with Crippen molar-refractivity contribution in [1.82, 2.24) is 4.57 Å².